The topological polar surface area (TPSA) is 59.1 Å². The van der Waals surface area contributed by atoms with Gasteiger partial charge >= 0.3 is 0 Å². The van der Waals surface area contributed by atoms with E-state index >= 15 is 0 Å². The molecule has 0 unspecified atom stereocenters. The van der Waals surface area contributed by atoms with Crippen LogP contribution in [0.15, 0.2) is 36.4 Å². The van der Waals surface area contributed by atoms with Crippen molar-refractivity contribution in [1.29, 1.82) is 0 Å². The van der Waals surface area contributed by atoms with E-state index in [2.05, 4.69) is 6.07 Å². The molecule has 0 N–H and O–H groups in total. The lowest BCUT2D eigenvalue weighted by Crippen LogP contribution is -2.40. The molecule has 152 valence electrons. The molecule has 0 saturated carbocycles. The third-order valence-corrected chi connectivity index (χ3v) is 5.89. The Balaban J connectivity index is 1.59. The van der Waals surface area contributed by atoms with E-state index in [0.29, 0.717) is 35.3 Å². The van der Waals surface area contributed by atoms with E-state index in [0.717, 1.165) is 18.5 Å². The van der Waals surface area contributed by atoms with E-state index in [1.807, 2.05) is 23.1 Å². The zero-order valence-corrected chi connectivity index (χ0v) is 17.2. The predicted octanol–water partition coefficient (Wildman–Crippen LogP) is 3.69. The van der Waals surface area contributed by atoms with Gasteiger partial charge in [0, 0.05) is 31.3 Å². The standard InChI is InChI=1S/C22H23ClN2O4/c1-28-19-12-20(29-2)18(11-16(19)23)25-13-15(10-21(25)26)22(27)24-9-5-7-14-6-3-4-8-17(14)24/h3-4,6,8,11-12,15H,5,7,9-10,13H2,1-2H3/t15-/m0/s1. The van der Waals surface area contributed by atoms with Crippen molar-refractivity contribution in [2.45, 2.75) is 19.3 Å². The average molecular weight is 415 g/mol. The summed E-state index contributed by atoms with van der Waals surface area (Å²) in [6.07, 6.45) is 2.07. The molecule has 0 aromatic heterocycles. The summed E-state index contributed by atoms with van der Waals surface area (Å²) >= 11 is 6.27. The van der Waals surface area contributed by atoms with E-state index in [1.165, 1.54) is 19.8 Å². The number of ether oxygens (including phenoxy) is 2. The molecule has 4 rings (SSSR count). The van der Waals surface area contributed by atoms with Crippen LogP contribution in [0.2, 0.25) is 5.02 Å². The second kappa shape index (κ2) is 7.95. The second-order valence-electron chi connectivity index (χ2n) is 7.29. The molecule has 2 aromatic rings. The fourth-order valence-corrected chi connectivity index (χ4v) is 4.38. The summed E-state index contributed by atoms with van der Waals surface area (Å²) in [7, 11) is 3.05. The molecule has 6 nitrogen and oxygen atoms in total. The third-order valence-electron chi connectivity index (χ3n) is 5.59. The Morgan fingerprint density at radius 3 is 2.62 bits per heavy atom. The Morgan fingerprint density at radius 2 is 1.86 bits per heavy atom. The van der Waals surface area contributed by atoms with Gasteiger partial charge < -0.3 is 19.3 Å². The van der Waals surface area contributed by atoms with Crippen molar-refractivity contribution in [2.24, 2.45) is 5.92 Å². The quantitative estimate of drug-likeness (QED) is 0.765. The number of anilines is 2. The number of hydrogen-bond donors (Lipinski definition) is 0. The number of halogens is 1. The van der Waals surface area contributed by atoms with Crippen LogP contribution in [-0.4, -0.2) is 39.1 Å². The largest absolute Gasteiger partial charge is 0.495 e. The smallest absolute Gasteiger partial charge is 0.232 e. The first kappa shape index (κ1) is 19.6. The lowest BCUT2D eigenvalue weighted by Gasteiger charge is -2.31. The minimum absolute atomic E-state index is 0.00780. The van der Waals surface area contributed by atoms with E-state index in [9.17, 15) is 9.59 Å². The van der Waals surface area contributed by atoms with Crippen LogP contribution in [0, 0.1) is 5.92 Å². The molecule has 0 bridgehead atoms. The summed E-state index contributed by atoms with van der Waals surface area (Å²) in [6, 6.07) is 11.3. The highest BCUT2D eigenvalue weighted by Gasteiger charge is 2.39. The molecule has 29 heavy (non-hydrogen) atoms. The number of para-hydroxylation sites is 1. The van der Waals surface area contributed by atoms with Gasteiger partial charge in [-0.25, -0.2) is 0 Å². The van der Waals surface area contributed by atoms with Crippen molar-refractivity contribution in [2.75, 3.05) is 37.1 Å². The molecule has 2 amide bonds. The summed E-state index contributed by atoms with van der Waals surface area (Å²) in [5.74, 6) is 0.423. The van der Waals surface area contributed by atoms with Gasteiger partial charge in [0.1, 0.15) is 11.5 Å². The number of benzene rings is 2. The molecule has 2 aliphatic heterocycles. The number of carbonyl (C=O) groups excluding carboxylic acids is 2. The van der Waals surface area contributed by atoms with Crippen LogP contribution in [-0.2, 0) is 16.0 Å². The molecule has 0 spiro atoms. The molecule has 0 radical (unpaired) electrons. The zero-order valence-electron chi connectivity index (χ0n) is 16.5. The van der Waals surface area contributed by atoms with E-state index in [-0.39, 0.29) is 18.2 Å². The molecule has 2 heterocycles. The van der Waals surface area contributed by atoms with Gasteiger partial charge in [-0.2, -0.15) is 0 Å². The molecule has 1 fully saturated rings. The number of methoxy groups -OCH3 is 2. The number of hydrogen-bond acceptors (Lipinski definition) is 4. The number of rotatable bonds is 4. The van der Waals surface area contributed by atoms with Gasteiger partial charge in [-0.1, -0.05) is 29.8 Å². The van der Waals surface area contributed by atoms with Gasteiger partial charge in [0.25, 0.3) is 0 Å². The number of amides is 2. The average Bonchev–Trinajstić information content (AvgIpc) is 3.14. The highest BCUT2D eigenvalue weighted by molar-refractivity contribution is 6.32. The Kier molecular flexibility index (Phi) is 5.37. The summed E-state index contributed by atoms with van der Waals surface area (Å²) in [6.45, 7) is 0.980. The molecular weight excluding hydrogens is 392 g/mol. The monoisotopic (exact) mass is 414 g/mol. The van der Waals surface area contributed by atoms with Crippen molar-refractivity contribution >= 4 is 34.8 Å². The first-order chi connectivity index (χ1) is 14.0. The Morgan fingerprint density at radius 1 is 1.10 bits per heavy atom. The van der Waals surface area contributed by atoms with Gasteiger partial charge in [-0.05, 0) is 30.5 Å². The maximum Gasteiger partial charge on any atom is 0.232 e. The molecule has 2 aromatic carbocycles. The number of fused-ring (bicyclic) bond motifs is 1. The molecule has 2 aliphatic rings. The van der Waals surface area contributed by atoms with Crippen molar-refractivity contribution in [3.05, 3.63) is 47.0 Å². The highest BCUT2D eigenvalue weighted by Crippen LogP contribution is 2.41. The van der Waals surface area contributed by atoms with Crippen LogP contribution >= 0.6 is 11.6 Å². The number of nitrogens with zero attached hydrogens (tertiary/aromatic N) is 2. The van der Waals surface area contributed by atoms with E-state index in [4.69, 9.17) is 21.1 Å². The number of aryl methyl sites for hydroxylation is 1. The van der Waals surface area contributed by atoms with Crippen molar-refractivity contribution < 1.29 is 19.1 Å². The van der Waals surface area contributed by atoms with Crippen LogP contribution in [0.1, 0.15) is 18.4 Å². The van der Waals surface area contributed by atoms with Gasteiger partial charge in [0.05, 0.1) is 30.8 Å². The minimum Gasteiger partial charge on any atom is -0.495 e. The molecular formula is C22H23ClN2O4. The summed E-state index contributed by atoms with van der Waals surface area (Å²) in [4.78, 5) is 29.5. The molecule has 7 heteroatoms. The van der Waals surface area contributed by atoms with Crippen LogP contribution < -0.4 is 19.3 Å². The second-order valence-corrected chi connectivity index (χ2v) is 7.69. The zero-order chi connectivity index (χ0) is 20.5. The maximum absolute atomic E-state index is 13.3. The lowest BCUT2D eigenvalue weighted by atomic mass is 9.99. The van der Waals surface area contributed by atoms with Gasteiger partial charge in [0.15, 0.2) is 0 Å². The minimum atomic E-state index is -0.403. The Hall–Kier alpha value is -2.73. The van der Waals surface area contributed by atoms with Crippen molar-refractivity contribution in [3.8, 4) is 11.5 Å². The van der Waals surface area contributed by atoms with Crippen LogP contribution in [0.5, 0.6) is 11.5 Å². The van der Waals surface area contributed by atoms with E-state index < -0.39 is 5.92 Å². The fraction of sp³-hybridized carbons (Fsp3) is 0.364. The van der Waals surface area contributed by atoms with Gasteiger partial charge in [0.2, 0.25) is 11.8 Å². The fourth-order valence-electron chi connectivity index (χ4n) is 4.14. The highest BCUT2D eigenvalue weighted by atomic mass is 35.5. The van der Waals surface area contributed by atoms with Crippen LogP contribution in [0.3, 0.4) is 0 Å². The molecule has 0 aliphatic carbocycles. The first-order valence-electron chi connectivity index (χ1n) is 9.64. The summed E-state index contributed by atoms with van der Waals surface area (Å²) < 4.78 is 10.7. The third kappa shape index (κ3) is 3.53. The SMILES string of the molecule is COc1cc(OC)c(N2C[C@@H](C(=O)N3CCCc4ccccc43)CC2=O)cc1Cl. The van der Waals surface area contributed by atoms with Crippen LogP contribution in [0.25, 0.3) is 0 Å². The predicted molar refractivity (Wildman–Crippen MR) is 112 cm³/mol. The Labute approximate surface area is 174 Å². The van der Waals surface area contributed by atoms with Gasteiger partial charge in [-0.3, -0.25) is 9.59 Å². The lowest BCUT2D eigenvalue weighted by molar-refractivity contribution is -0.124. The van der Waals surface area contributed by atoms with E-state index in [1.54, 1.807) is 17.0 Å². The number of carbonyl (C=O) groups is 2. The normalized spacial score (nSPS) is 18.6. The molecule has 1 saturated heterocycles. The Bertz CT molecular complexity index is 962. The first-order valence-corrected chi connectivity index (χ1v) is 10.0. The molecule has 1 atom stereocenters. The van der Waals surface area contributed by atoms with Crippen molar-refractivity contribution in [3.63, 3.8) is 0 Å². The maximum atomic E-state index is 13.3. The van der Waals surface area contributed by atoms with Gasteiger partial charge in [-0.15, -0.1) is 0 Å². The van der Waals surface area contributed by atoms with Crippen molar-refractivity contribution in [1.82, 2.24) is 0 Å². The summed E-state index contributed by atoms with van der Waals surface area (Å²) in [5.41, 5.74) is 2.69. The summed E-state index contributed by atoms with van der Waals surface area (Å²) in [5, 5.41) is 0.385. The van der Waals surface area contributed by atoms with Crippen LogP contribution in [0.4, 0.5) is 11.4 Å².